The highest BCUT2D eigenvalue weighted by molar-refractivity contribution is 5.10. The van der Waals surface area contributed by atoms with E-state index in [4.69, 9.17) is 4.42 Å². The number of nitrogens with one attached hydrogen (secondary N) is 1. The molecule has 3 heteroatoms. The molecule has 0 aliphatic heterocycles. The van der Waals surface area contributed by atoms with Crippen molar-refractivity contribution < 1.29 is 4.42 Å². The van der Waals surface area contributed by atoms with Gasteiger partial charge in [0.15, 0.2) is 5.89 Å². The average molecular weight is 154 g/mol. The molecule has 0 saturated heterocycles. The molecular formula is C8H14N2O. The van der Waals surface area contributed by atoms with Crippen LogP contribution in [0.2, 0.25) is 0 Å². The zero-order valence-electron chi connectivity index (χ0n) is 7.43. The van der Waals surface area contributed by atoms with Crippen molar-refractivity contribution in [1.82, 2.24) is 10.3 Å². The van der Waals surface area contributed by atoms with Gasteiger partial charge in [0.2, 0.25) is 0 Å². The molecule has 3 nitrogen and oxygen atoms in total. The average Bonchev–Trinajstić information content (AvgIpc) is 2.28. The largest absolute Gasteiger partial charge is 0.444 e. The Morgan fingerprint density at radius 2 is 2.09 bits per heavy atom. The van der Waals surface area contributed by atoms with Gasteiger partial charge < -0.3 is 9.73 Å². The summed E-state index contributed by atoms with van der Waals surface area (Å²) in [5, 5.41) is 3.10. The van der Waals surface area contributed by atoms with Crippen LogP contribution in [-0.2, 0) is 0 Å². The molecule has 0 saturated carbocycles. The molecule has 0 amide bonds. The van der Waals surface area contributed by atoms with E-state index in [1.807, 2.05) is 27.8 Å². The van der Waals surface area contributed by atoms with Gasteiger partial charge in [0.05, 0.1) is 11.7 Å². The molecule has 1 heterocycles. The summed E-state index contributed by atoms with van der Waals surface area (Å²) in [6, 6.07) is 0.246. The van der Waals surface area contributed by atoms with Gasteiger partial charge in [-0.1, -0.05) is 0 Å². The lowest BCUT2D eigenvalue weighted by atomic mass is 10.2. The van der Waals surface area contributed by atoms with E-state index in [2.05, 4.69) is 10.3 Å². The maximum Gasteiger partial charge on any atom is 0.191 e. The van der Waals surface area contributed by atoms with Gasteiger partial charge in [0.1, 0.15) is 5.76 Å². The van der Waals surface area contributed by atoms with Crippen molar-refractivity contribution in [2.24, 2.45) is 0 Å². The Balaban J connectivity index is 2.93. The monoisotopic (exact) mass is 154 g/mol. The number of hydrogen-bond acceptors (Lipinski definition) is 3. The Morgan fingerprint density at radius 1 is 1.45 bits per heavy atom. The SMILES string of the molecule is CNC(C)c1oc(C)nc1C. The molecule has 0 bridgehead atoms. The minimum atomic E-state index is 0.246. The number of hydrogen-bond donors (Lipinski definition) is 1. The van der Waals surface area contributed by atoms with E-state index in [9.17, 15) is 0 Å². The van der Waals surface area contributed by atoms with Gasteiger partial charge in [-0.3, -0.25) is 0 Å². The summed E-state index contributed by atoms with van der Waals surface area (Å²) in [6.07, 6.45) is 0. The molecule has 1 aromatic heterocycles. The maximum absolute atomic E-state index is 5.39. The molecule has 0 aromatic carbocycles. The molecule has 0 aliphatic rings. The van der Waals surface area contributed by atoms with Crippen LogP contribution in [0.4, 0.5) is 0 Å². The van der Waals surface area contributed by atoms with E-state index in [1.54, 1.807) is 0 Å². The third-order valence-corrected chi connectivity index (χ3v) is 1.77. The number of aryl methyl sites for hydroxylation is 2. The lowest BCUT2D eigenvalue weighted by molar-refractivity contribution is 0.425. The van der Waals surface area contributed by atoms with Crippen molar-refractivity contribution in [3.05, 3.63) is 17.3 Å². The molecule has 1 atom stereocenters. The topological polar surface area (TPSA) is 38.1 Å². The quantitative estimate of drug-likeness (QED) is 0.702. The third kappa shape index (κ3) is 1.60. The normalized spacial score (nSPS) is 13.5. The predicted molar refractivity (Wildman–Crippen MR) is 43.5 cm³/mol. The molecule has 11 heavy (non-hydrogen) atoms. The molecule has 0 fully saturated rings. The molecule has 1 unspecified atom stereocenters. The Hall–Kier alpha value is -0.830. The van der Waals surface area contributed by atoms with Crippen LogP contribution in [0, 0.1) is 13.8 Å². The smallest absolute Gasteiger partial charge is 0.191 e. The zero-order valence-corrected chi connectivity index (χ0v) is 7.43. The van der Waals surface area contributed by atoms with Gasteiger partial charge in [0, 0.05) is 6.92 Å². The van der Waals surface area contributed by atoms with Crippen molar-refractivity contribution in [3.63, 3.8) is 0 Å². The number of rotatable bonds is 2. The highest BCUT2D eigenvalue weighted by atomic mass is 16.4. The molecular weight excluding hydrogens is 140 g/mol. The second kappa shape index (κ2) is 3.05. The fraction of sp³-hybridized carbons (Fsp3) is 0.625. The summed E-state index contributed by atoms with van der Waals surface area (Å²) in [6.45, 7) is 5.87. The van der Waals surface area contributed by atoms with Gasteiger partial charge in [-0.25, -0.2) is 4.98 Å². The standard InChI is InChI=1S/C8H14N2O/c1-5(9-4)8-6(2)10-7(3)11-8/h5,9H,1-4H3. The molecule has 1 N–H and O–H groups in total. The van der Waals surface area contributed by atoms with Crippen LogP contribution >= 0.6 is 0 Å². The fourth-order valence-corrected chi connectivity index (χ4v) is 1.08. The molecule has 0 aliphatic carbocycles. The first-order valence-corrected chi connectivity index (χ1v) is 3.76. The molecule has 1 aromatic rings. The van der Waals surface area contributed by atoms with Crippen molar-refractivity contribution in [2.75, 3.05) is 7.05 Å². The lowest BCUT2D eigenvalue weighted by Crippen LogP contribution is -2.12. The van der Waals surface area contributed by atoms with E-state index in [1.165, 1.54) is 0 Å². The molecule has 1 rings (SSSR count). The Bertz CT molecular complexity index is 242. The van der Waals surface area contributed by atoms with Crippen molar-refractivity contribution in [2.45, 2.75) is 26.8 Å². The summed E-state index contributed by atoms with van der Waals surface area (Å²) < 4.78 is 5.39. The second-order valence-electron chi connectivity index (χ2n) is 2.69. The number of nitrogens with zero attached hydrogens (tertiary/aromatic N) is 1. The van der Waals surface area contributed by atoms with E-state index in [-0.39, 0.29) is 6.04 Å². The highest BCUT2D eigenvalue weighted by Gasteiger charge is 2.11. The minimum Gasteiger partial charge on any atom is -0.444 e. The first-order chi connectivity index (χ1) is 5.15. The van der Waals surface area contributed by atoms with Crippen molar-refractivity contribution in [1.29, 1.82) is 0 Å². The van der Waals surface area contributed by atoms with Crippen molar-refractivity contribution in [3.8, 4) is 0 Å². The van der Waals surface area contributed by atoms with Crippen molar-refractivity contribution >= 4 is 0 Å². The van der Waals surface area contributed by atoms with E-state index in [0.717, 1.165) is 17.3 Å². The van der Waals surface area contributed by atoms with Crippen LogP contribution in [0.25, 0.3) is 0 Å². The number of aromatic nitrogens is 1. The fourth-order valence-electron chi connectivity index (χ4n) is 1.08. The first kappa shape index (κ1) is 8.27. The van der Waals surface area contributed by atoms with Gasteiger partial charge in [-0.15, -0.1) is 0 Å². The molecule has 0 spiro atoms. The Kier molecular flexibility index (Phi) is 2.29. The Morgan fingerprint density at radius 3 is 2.45 bits per heavy atom. The van der Waals surface area contributed by atoms with Crippen LogP contribution in [0.5, 0.6) is 0 Å². The Labute approximate surface area is 66.8 Å². The second-order valence-corrected chi connectivity index (χ2v) is 2.69. The lowest BCUT2D eigenvalue weighted by Gasteiger charge is -2.05. The summed E-state index contributed by atoms with van der Waals surface area (Å²) in [7, 11) is 1.90. The van der Waals surface area contributed by atoms with E-state index in [0.29, 0.717) is 0 Å². The van der Waals surface area contributed by atoms with Gasteiger partial charge in [-0.05, 0) is 20.9 Å². The minimum absolute atomic E-state index is 0.246. The number of oxazole rings is 1. The highest BCUT2D eigenvalue weighted by Crippen LogP contribution is 2.17. The molecule has 62 valence electrons. The van der Waals surface area contributed by atoms with Crippen LogP contribution < -0.4 is 5.32 Å². The maximum atomic E-state index is 5.39. The van der Waals surface area contributed by atoms with E-state index >= 15 is 0 Å². The van der Waals surface area contributed by atoms with Gasteiger partial charge >= 0.3 is 0 Å². The van der Waals surface area contributed by atoms with Gasteiger partial charge in [0.25, 0.3) is 0 Å². The summed E-state index contributed by atoms with van der Waals surface area (Å²) in [5.74, 6) is 1.67. The van der Waals surface area contributed by atoms with Crippen LogP contribution in [-0.4, -0.2) is 12.0 Å². The zero-order chi connectivity index (χ0) is 8.43. The summed E-state index contributed by atoms with van der Waals surface area (Å²) in [5.41, 5.74) is 0.976. The summed E-state index contributed by atoms with van der Waals surface area (Å²) in [4.78, 5) is 4.17. The van der Waals surface area contributed by atoms with Crippen LogP contribution in [0.15, 0.2) is 4.42 Å². The predicted octanol–water partition coefficient (Wildman–Crippen LogP) is 1.57. The first-order valence-electron chi connectivity index (χ1n) is 3.76. The van der Waals surface area contributed by atoms with Crippen LogP contribution in [0.1, 0.15) is 30.3 Å². The molecule has 0 radical (unpaired) electrons. The third-order valence-electron chi connectivity index (χ3n) is 1.77. The summed E-state index contributed by atoms with van der Waals surface area (Å²) >= 11 is 0. The van der Waals surface area contributed by atoms with Gasteiger partial charge in [-0.2, -0.15) is 0 Å². The van der Waals surface area contributed by atoms with E-state index < -0.39 is 0 Å². The van der Waals surface area contributed by atoms with Crippen LogP contribution in [0.3, 0.4) is 0 Å².